The smallest absolute Gasteiger partial charge is 0.309 e. The number of fused-ring (bicyclic) bond motifs is 3. The molecule has 0 spiro atoms. The van der Waals surface area contributed by atoms with Gasteiger partial charge >= 0.3 is 5.97 Å². The molecule has 0 aromatic rings. The van der Waals surface area contributed by atoms with Crippen LogP contribution in [0.4, 0.5) is 0 Å². The Hall–Kier alpha value is -0.870. The predicted octanol–water partition coefficient (Wildman–Crippen LogP) is 3.37. The highest BCUT2D eigenvalue weighted by Crippen LogP contribution is 2.63. The number of aliphatic carboxylic acids is 1. The van der Waals surface area contributed by atoms with E-state index >= 15 is 0 Å². The highest BCUT2D eigenvalue weighted by molar-refractivity contribution is 5.75. The number of hydrogen-bond donors (Lipinski definition) is 3. The molecule has 3 aliphatic carbocycles. The minimum Gasteiger partial charge on any atom is -0.481 e. The molecule has 0 amide bonds. The van der Waals surface area contributed by atoms with Crippen LogP contribution in [0.2, 0.25) is 0 Å². The van der Waals surface area contributed by atoms with Crippen molar-refractivity contribution >= 4 is 5.97 Å². The molecule has 24 heavy (non-hydrogen) atoms. The highest BCUT2D eigenvalue weighted by atomic mass is 16.4. The lowest BCUT2D eigenvalue weighted by molar-refractivity contribution is -0.163. The molecular weight excluding hydrogens is 304 g/mol. The van der Waals surface area contributed by atoms with E-state index in [1.807, 2.05) is 6.92 Å². The first-order chi connectivity index (χ1) is 11.2. The minimum absolute atomic E-state index is 0.0426. The van der Waals surface area contributed by atoms with Crippen LogP contribution in [-0.2, 0) is 4.79 Å². The van der Waals surface area contributed by atoms with Gasteiger partial charge in [0.05, 0.1) is 18.1 Å². The number of carbonyl (C=O) groups is 1. The summed E-state index contributed by atoms with van der Waals surface area (Å²) >= 11 is 0. The fourth-order valence-corrected chi connectivity index (χ4v) is 6.19. The van der Waals surface area contributed by atoms with E-state index in [0.717, 1.165) is 44.9 Å². The average molecular weight is 336 g/mol. The van der Waals surface area contributed by atoms with Gasteiger partial charge in [0.1, 0.15) is 0 Å². The largest absolute Gasteiger partial charge is 0.481 e. The van der Waals surface area contributed by atoms with Crippen LogP contribution in [-0.4, -0.2) is 34.0 Å². The molecular formula is C20H32O4. The van der Waals surface area contributed by atoms with Crippen LogP contribution in [0.5, 0.6) is 0 Å². The third kappa shape index (κ3) is 2.45. The van der Waals surface area contributed by atoms with Gasteiger partial charge in [-0.25, -0.2) is 0 Å². The zero-order valence-electron chi connectivity index (χ0n) is 15.2. The highest BCUT2D eigenvalue weighted by Gasteiger charge is 2.58. The maximum absolute atomic E-state index is 12.0. The number of carboxylic acid groups (broad SMARTS) is 1. The summed E-state index contributed by atoms with van der Waals surface area (Å²) in [6.45, 7) is 6.13. The number of aliphatic hydroxyl groups excluding tert-OH is 2. The molecule has 2 fully saturated rings. The molecule has 4 nitrogen and oxygen atoms in total. The van der Waals surface area contributed by atoms with Gasteiger partial charge in [0.2, 0.25) is 0 Å². The fourth-order valence-electron chi connectivity index (χ4n) is 6.19. The van der Waals surface area contributed by atoms with Crippen LogP contribution in [0.3, 0.4) is 0 Å². The summed E-state index contributed by atoms with van der Waals surface area (Å²) in [5, 5.41) is 29.5. The molecule has 3 rings (SSSR count). The van der Waals surface area contributed by atoms with E-state index in [2.05, 4.69) is 19.9 Å². The van der Waals surface area contributed by atoms with Crippen molar-refractivity contribution in [1.82, 2.24) is 0 Å². The standard InChI is InChI=1S/C20H32O4/c1-18(16(22)12-21)10-7-14-13(11-18)5-6-15-19(14,2)8-4-9-20(15,3)17(23)24/h5,14-16,21-22H,4,6-12H2,1-3H3,(H,23,24)/t14-,15+,16-,18-,19+,20-/m0/s1. The van der Waals surface area contributed by atoms with E-state index in [-0.39, 0.29) is 23.4 Å². The molecule has 0 saturated heterocycles. The molecule has 0 aliphatic heterocycles. The van der Waals surface area contributed by atoms with Gasteiger partial charge in [0.15, 0.2) is 0 Å². The van der Waals surface area contributed by atoms with E-state index in [1.165, 1.54) is 5.57 Å². The van der Waals surface area contributed by atoms with Gasteiger partial charge in [-0.15, -0.1) is 0 Å². The predicted molar refractivity (Wildman–Crippen MR) is 92.4 cm³/mol. The van der Waals surface area contributed by atoms with Crippen molar-refractivity contribution in [3.8, 4) is 0 Å². The Morgan fingerprint density at radius 2 is 2.00 bits per heavy atom. The van der Waals surface area contributed by atoms with E-state index < -0.39 is 17.5 Å². The Balaban J connectivity index is 1.93. The van der Waals surface area contributed by atoms with Crippen molar-refractivity contribution in [3.05, 3.63) is 11.6 Å². The Morgan fingerprint density at radius 1 is 1.29 bits per heavy atom. The molecule has 0 unspecified atom stereocenters. The van der Waals surface area contributed by atoms with E-state index in [1.54, 1.807) is 0 Å². The van der Waals surface area contributed by atoms with E-state index in [0.29, 0.717) is 5.92 Å². The molecule has 0 aromatic heterocycles. The number of carboxylic acids is 1. The van der Waals surface area contributed by atoms with Crippen LogP contribution >= 0.6 is 0 Å². The van der Waals surface area contributed by atoms with Gasteiger partial charge in [0.25, 0.3) is 0 Å². The second-order valence-corrected chi connectivity index (χ2v) is 9.27. The summed E-state index contributed by atoms with van der Waals surface area (Å²) in [5.74, 6) is -0.0297. The first kappa shape index (κ1) is 17.9. The summed E-state index contributed by atoms with van der Waals surface area (Å²) in [6.07, 6.45) is 7.98. The van der Waals surface area contributed by atoms with Crippen molar-refractivity contribution in [3.63, 3.8) is 0 Å². The maximum Gasteiger partial charge on any atom is 0.309 e. The Kier molecular flexibility index (Phi) is 4.37. The third-order valence-corrected chi connectivity index (χ3v) is 7.91. The van der Waals surface area contributed by atoms with Crippen LogP contribution in [0.1, 0.15) is 65.7 Å². The summed E-state index contributed by atoms with van der Waals surface area (Å²) in [5.41, 5.74) is 0.552. The topological polar surface area (TPSA) is 77.8 Å². The summed E-state index contributed by atoms with van der Waals surface area (Å²) in [7, 11) is 0. The lowest BCUT2D eigenvalue weighted by atomic mass is 9.45. The molecule has 2 saturated carbocycles. The molecule has 6 atom stereocenters. The monoisotopic (exact) mass is 336 g/mol. The molecule has 0 heterocycles. The number of hydrogen-bond acceptors (Lipinski definition) is 3. The molecule has 0 aromatic carbocycles. The van der Waals surface area contributed by atoms with Gasteiger partial charge in [-0.3, -0.25) is 4.79 Å². The Labute approximate surface area is 145 Å². The maximum atomic E-state index is 12.0. The molecule has 3 aliphatic rings. The molecule has 3 N–H and O–H groups in total. The summed E-state index contributed by atoms with van der Waals surface area (Å²) < 4.78 is 0. The van der Waals surface area contributed by atoms with Gasteiger partial charge in [-0.05, 0) is 68.1 Å². The molecule has 4 heteroatoms. The van der Waals surface area contributed by atoms with Crippen molar-refractivity contribution in [2.75, 3.05) is 6.61 Å². The number of rotatable bonds is 3. The molecule has 0 radical (unpaired) electrons. The van der Waals surface area contributed by atoms with Gasteiger partial charge in [-0.2, -0.15) is 0 Å². The van der Waals surface area contributed by atoms with Crippen LogP contribution in [0.25, 0.3) is 0 Å². The first-order valence-electron chi connectivity index (χ1n) is 9.38. The van der Waals surface area contributed by atoms with Crippen LogP contribution in [0, 0.1) is 28.1 Å². The second-order valence-electron chi connectivity index (χ2n) is 9.27. The summed E-state index contributed by atoms with van der Waals surface area (Å²) in [4.78, 5) is 12.0. The zero-order valence-corrected chi connectivity index (χ0v) is 15.2. The number of allylic oxidation sites excluding steroid dienone is 2. The fraction of sp³-hybridized carbons (Fsp3) is 0.850. The van der Waals surface area contributed by atoms with Gasteiger partial charge in [0, 0.05) is 0 Å². The molecule has 0 bridgehead atoms. The van der Waals surface area contributed by atoms with Crippen molar-refractivity contribution in [2.45, 2.75) is 71.8 Å². The van der Waals surface area contributed by atoms with Crippen molar-refractivity contribution in [1.29, 1.82) is 0 Å². The molecule has 136 valence electrons. The first-order valence-corrected chi connectivity index (χ1v) is 9.38. The lowest BCUT2D eigenvalue weighted by Gasteiger charge is -2.59. The van der Waals surface area contributed by atoms with Crippen LogP contribution < -0.4 is 0 Å². The SMILES string of the molecule is C[C@]1([C@@H](O)CO)CC[C@H]2C(=CC[C@@H]3[C@]2(C)CCC[C@]3(C)C(=O)O)C1. The normalized spacial score (nSPS) is 46.5. The lowest BCUT2D eigenvalue weighted by Crippen LogP contribution is -2.54. The average Bonchev–Trinajstić information content (AvgIpc) is 2.53. The zero-order chi connectivity index (χ0) is 17.8. The Morgan fingerprint density at radius 3 is 2.62 bits per heavy atom. The quantitative estimate of drug-likeness (QED) is 0.691. The second kappa shape index (κ2) is 5.84. The van der Waals surface area contributed by atoms with Gasteiger partial charge < -0.3 is 15.3 Å². The van der Waals surface area contributed by atoms with E-state index in [4.69, 9.17) is 0 Å². The van der Waals surface area contributed by atoms with Crippen molar-refractivity contribution < 1.29 is 20.1 Å². The number of aliphatic hydroxyl groups is 2. The van der Waals surface area contributed by atoms with Gasteiger partial charge in [-0.1, -0.05) is 31.9 Å². The Bertz CT molecular complexity index is 556. The van der Waals surface area contributed by atoms with Crippen LogP contribution in [0.15, 0.2) is 11.6 Å². The third-order valence-electron chi connectivity index (χ3n) is 7.91. The minimum atomic E-state index is -0.680. The van der Waals surface area contributed by atoms with Crippen molar-refractivity contribution in [2.24, 2.45) is 28.1 Å². The van der Waals surface area contributed by atoms with E-state index in [9.17, 15) is 20.1 Å². The summed E-state index contributed by atoms with van der Waals surface area (Å²) in [6, 6.07) is 0.